The Kier molecular flexibility index (Phi) is 6.32. The summed E-state index contributed by atoms with van der Waals surface area (Å²) in [4.78, 5) is 22.3. The summed E-state index contributed by atoms with van der Waals surface area (Å²) in [5.41, 5.74) is 7.02. The largest absolute Gasteiger partial charge is 0.310 e. The van der Waals surface area contributed by atoms with Gasteiger partial charge in [0.25, 0.3) is 5.95 Å². The zero-order valence-electron chi connectivity index (χ0n) is 21.8. The van der Waals surface area contributed by atoms with Gasteiger partial charge in [0.15, 0.2) is 0 Å². The average molecular weight is 472 g/mol. The van der Waals surface area contributed by atoms with Crippen LogP contribution in [0.5, 0.6) is 0 Å². The molecule has 8 heteroatoms. The third-order valence-electron chi connectivity index (χ3n) is 5.93. The first-order valence-electron chi connectivity index (χ1n) is 11.8. The van der Waals surface area contributed by atoms with Crippen LogP contribution >= 0.6 is 0 Å². The minimum absolute atomic E-state index is 0.133. The fourth-order valence-corrected chi connectivity index (χ4v) is 4.07. The Hall–Kier alpha value is -3.81. The number of benzene rings is 1. The maximum absolute atomic E-state index is 13.2. The second kappa shape index (κ2) is 9.09. The smallest absolute Gasteiger partial charge is 0.251 e. The van der Waals surface area contributed by atoms with E-state index in [9.17, 15) is 4.79 Å². The molecule has 182 valence electrons. The van der Waals surface area contributed by atoms with Gasteiger partial charge < -0.3 is 5.32 Å². The lowest BCUT2D eigenvalue weighted by atomic mass is 9.92. The Bertz CT molecular complexity index is 1390. The number of nitrogens with zero attached hydrogens (tertiary/aromatic N) is 6. The van der Waals surface area contributed by atoms with Gasteiger partial charge in [-0.2, -0.15) is 10.2 Å². The van der Waals surface area contributed by atoms with Gasteiger partial charge in [-0.1, -0.05) is 32.9 Å². The second-order valence-corrected chi connectivity index (χ2v) is 10.2. The lowest BCUT2D eigenvalue weighted by molar-refractivity contribution is -0.115. The van der Waals surface area contributed by atoms with Crippen molar-refractivity contribution in [1.82, 2.24) is 29.5 Å². The summed E-state index contributed by atoms with van der Waals surface area (Å²) in [6, 6.07) is 11.9. The van der Waals surface area contributed by atoms with E-state index in [2.05, 4.69) is 47.2 Å². The van der Waals surface area contributed by atoms with Crippen molar-refractivity contribution in [3.8, 4) is 11.6 Å². The van der Waals surface area contributed by atoms with Gasteiger partial charge in [-0.05, 0) is 58.4 Å². The molecular weight excluding hydrogens is 438 g/mol. The highest BCUT2D eigenvalue weighted by Gasteiger charge is 2.23. The van der Waals surface area contributed by atoms with Crippen LogP contribution in [0.25, 0.3) is 11.6 Å². The van der Waals surface area contributed by atoms with Crippen molar-refractivity contribution in [1.29, 1.82) is 0 Å². The van der Waals surface area contributed by atoms with E-state index in [1.807, 2.05) is 65.0 Å². The molecule has 3 heterocycles. The van der Waals surface area contributed by atoms with E-state index in [1.165, 1.54) is 0 Å². The zero-order valence-corrected chi connectivity index (χ0v) is 21.8. The first-order chi connectivity index (χ1) is 16.4. The Morgan fingerprint density at radius 1 is 0.914 bits per heavy atom. The number of hydrogen-bond acceptors (Lipinski definition) is 5. The lowest BCUT2D eigenvalue weighted by Crippen LogP contribution is -2.18. The molecule has 35 heavy (non-hydrogen) atoms. The Balaban J connectivity index is 1.64. The molecule has 0 saturated heterocycles. The van der Waals surface area contributed by atoms with Crippen molar-refractivity contribution >= 4 is 11.7 Å². The average Bonchev–Trinajstić information content (AvgIpc) is 3.29. The standard InChI is InChI=1S/C27H33N7O/c1-16-10-9-11-21(12-16)34-24(15-23(32-34)27(6,7)8)30-25(35)14-22-19(4)31-33(20(22)5)26-28-17(2)13-18(3)29-26/h9-13,15H,14H2,1-8H3,(H,30,35). The number of amides is 1. The van der Waals surface area contributed by atoms with E-state index in [-0.39, 0.29) is 17.7 Å². The SMILES string of the molecule is Cc1cccc(-n2nc(C(C)(C)C)cc2NC(=O)Cc2c(C)nn(-c3nc(C)cc(C)n3)c2C)c1. The molecule has 3 aromatic heterocycles. The molecule has 4 rings (SSSR count). The number of nitrogens with one attached hydrogen (secondary N) is 1. The monoisotopic (exact) mass is 471 g/mol. The van der Waals surface area contributed by atoms with Crippen LogP contribution in [0.2, 0.25) is 0 Å². The predicted octanol–water partition coefficient (Wildman–Crippen LogP) is 4.87. The molecule has 0 spiro atoms. The third kappa shape index (κ3) is 5.16. The molecule has 8 nitrogen and oxygen atoms in total. The molecule has 0 saturated carbocycles. The van der Waals surface area contributed by atoms with Crippen molar-refractivity contribution in [3.63, 3.8) is 0 Å². The van der Waals surface area contributed by atoms with Crippen molar-refractivity contribution in [2.45, 2.75) is 67.2 Å². The summed E-state index contributed by atoms with van der Waals surface area (Å²) in [5.74, 6) is 1.03. The summed E-state index contributed by atoms with van der Waals surface area (Å²) < 4.78 is 3.52. The zero-order chi connectivity index (χ0) is 25.5. The number of aromatic nitrogens is 6. The maximum atomic E-state index is 13.2. The van der Waals surface area contributed by atoms with Crippen molar-refractivity contribution in [2.24, 2.45) is 0 Å². The van der Waals surface area contributed by atoms with Crippen molar-refractivity contribution in [3.05, 3.63) is 76.0 Å². The summed E-state index contributed by atoms with van der Waals surface area (Å²) in [6.07, 6.45) is 0.187. The van der Waals surface area contributed by atoms with Crippen LogP contribution in [0, 0.1) is 34.6 Å². The number of carbonyl (C=O) groups excluding carboxylic acids is 1. The normalized spacial score (nSPS) is 11.7. The fourth-order valence-electron chi connectivity index (χ4n) is 4.07. The first kappa shape index (κ1) is 24.3. The second-order valence-electron chi connectivity index (χ2n) is 10.2. The number of rotatable bonds is 5. The molecule has 0 atom stereocenters. The highest BCUT2D eigenvalue weighted by Crippen LogP contribution is 2.27. The molecule has 0 unspecified atom stereocenters. The van der Waals surface area contributed by atoms with Crippen LogP contribution in [-0.4, -0.2) is 35.4 Å². The minimum Gasteiger partial charge on any atom is -0.310 e. The van der Waals surface area contributed by atoms with Gasteiger partial charge in [0.05, 0.1) is 23.5 Å². The minimum atomic E-state index is -0.158. The van der Waals surface area contributed by atoms with Gasteiger partial charge >= 0.3 is 0 Å². The number of hydrogen-bond donors (Lipinski definition) is 1. The van der Waals surface area contributed by atoms with Crippen LogP contribution in [0.1, 0.15) is 60.4 Å². The van der Waals surface area contributed by atoms with Gasteiger partial charge in [0.1, 0.15) is 5.82 Å². The molecule has 1 aromatic carbocycles. The molecule has 0 aliphatic heterocycles. The van der Waals surface area contributed by atoms with Gasteiger partial charge in [-0.3, -0.25) is 4.79 Å². The van der Waals surface area contributed by atoms with E-state index in [4.69, 9.17) is 5.10 Å². The highest BCUT2D eigenvalue weighted by molar-refractivity contribution is 5.92. The van der Waals surface area contributed by atoms with E-state index >= 15 is 0 Å². The van der Waals surface area contributed by atoms with Gasteiger partial charge in [0.2, 0.25) is 5.91 Å². The van der Waals surface area contributed by atoms with Crippen LogP contribution < -0.4 is 5.32 Å². The molecule has 0 radical (unpaired) electrons. The van der Waals surface area contributed by atoms with E-state index in [1.54, 1.807) is 9.36 Å². The molecule has 1 amide bonds. The van der Waals surface area contributed by atoms with Gasteiger partial charge in [-0.25, -0.2) is 19.3 Å². The van der Waals surface area contributed by atoms with Crippen LogP contribution in [0.4, 0.5) is 5.82 Å². The van der Waals surface area contributed by atoms with Crippen molar-refractivity contribution < 1.29 is 4.79 Å². The first-order valence-corrected chi connectivity index (χ1v) is 11.8. The van der Waals surface area contributed by atoms with E-state index in [0.29, 0.717) is 11.8 Å². The number of aryl methyl sites for hydroxylation is 4. The maximum Gasteiger partial charge on any atom is 0.251 e. The van der Waals surface area contributed by atoms with E-state index < -0.39 is 0 Å². The van der Waals surface area contributed by atoms with Crippen LogP contribution in [0.3, 0.4) is 0 Å². The number of anilines is 1. The van der Waals surface area contributed by atoms with Gasteiger partial charge in [0, 0.05) is 34.1 Å². The molecule has 0 bridgehead atoms. The highest BCUT2D eigenvalue weighted by atomic mass is 16.1. The van der Waals surface area contributed by atoms with Gasteiger partial charge in [-0.15, -0.1) is 0 Å². The summed E-state index contributed by atoms with van der Waals surface area (Å²) in [7, 11) is 0. The molecular formula is C27H33N7O. The quantitative estimate of drug-likeness (QED) is 0.448. The van der Waals surface area contributed by atoms with Crippen LogP contribution in [-0.2, 0) is 16.6 Å². The summed E-state index contributed by atoms with van der Waals surface area (Å²) in [5, 5.41) is 12.5. The molecule has 1 N–H and O–H groups in total. The summed E-state index contributed by atoms with van der Waals surface area (Å²) >= 11 is 0. The van der Waals surface area contributed by atoms with Crippen molar-refractivity contribution in [2.75, 3.05) is 5.32 Å². The third-order valence-corrected chi connectivity index (χ3v) is 5.93. The fraction of sp³-hybridized carbons (Fsp3) is 0.370. The Morgan fingerprint density at radius 3 is 2.23 bits per heavy atom. The summed E-state index contributed by atoms with van der Waals surface area (Å²) in [6.45, 7) is 16.1. The molecule has 0 aliphatic rings. The van der Waals surface area contributed by atoms with E-state index in [0.717, 1.165) is 45.3 Å². The van der Waals surface area contributed by atoms with Crippen LogP contribution in [0.15, 0.2) is 36.4 Å². The molecule has 0 aliphatic carbocycles. The lowest BCUT2D eigenvalue weighted by Gasteiger charge is -2.14. The number of carbonyl (C=O) groups is 1. The predicted molar refractivity (Wildman–Crippen MR) is 137 cm³/mol. The Labute approximate surface area is 206 Å². The Morgan fingerprint density at radius 2 is 1.60 bits per heavy atom. The molecule has 4 aromatic rings. The topological polar surface area (TPSA) is 90.5 Å². The molecule has 0 fully saturated rings.